The minimum atomic E-state index is -0.949. The number of para-hydroxylation sites is 1. The van der Waals surface area contributed by atoms with Crippen molar-refractivity contribution in [2.24, 2.45) is 0 Å². The highest BCUT2D eigenvalue weighted by atomic mass is 35.5. The number of hydrogen-bond donors (Lipinski definition) is 2. The van der Waals surface area contributed by atoms with Crippen LogP contribution in [-0.4, -0.2) is 28.0 Å². The van der Waals surface area contributed by atoms with Gasteiger partial charge in [-0.05, 0) is 43.4 Å². The normalized spacial score (nSPS) is 16.7. The summed E-state index contributed by atoms with van der Waals surface area (Å²) in [5.74, 6) is -2.67. The first-order chi connectivity index (χ1) is 16.8. The summed E-state index contributed by atoms with van der Waals surface area (Å²) in [4.78, 5) is 40.8. The summed E-state index contributed by atoms with van der Waals surface area (Å²) in [7, 11) is 0. The molecule has 0 saturated heterocycles. The number of aromatic nitrogens is 1. The third kappa shape index (κ3) is 3.87. The molecule has 0 saturated carbocycles. The topological polar surface area (TPSA) is 91.6 Å². The zero-order valence-electron chi connectivity index (χ0n) is 19.0. The number of benzene rings is 2. The second-order valence-electron chi connectivity index (χ2n) is 8.92. The summed E-state index contributed by atoms with van der Waals surface area (Å²) in [6.07, 6.45) is 3.65. The standard InChI is InChI=1S/C26H23ClFN3O4/c1-14-9-10-16(21(28)20(14)27)11-29-25(34)18-13-30-17-7-4-6-15-5-2-3-8-19(15)31(12-17)26(35)22(30)24(33)23(18)32/h2-3,5,8-10,13,17,33H,4,6-7,11-12H2,1H3,(H,29,34). The van der Waals surface area contributed by atoms with Gasteiger partial charge in [0.1, 0.15) is 11.4 Å². The molecule has 2 aliphatic heterocycles. The number of aryl methyl sites for hydroxylation is 2. The van der Waals surface area contributed by atoms with Crippen LogP contribution < -0.4 is 15.6 Å². The van der Waals surface area contributed by atoms with Crippen molar-refractivity contribution in [2.75, 3.05) is 11.4 Å². The molecule has 0 fully saturated rings. The monoisotopic (exact) mass is 495 g/mol. The Balaban J connectivity index is 1.50. The van der Waals surface area contributed by atoms with Crippen LogP contribution in [0.3, 0.4) is 0 Å². The Morgan fingerprint density at radius 1 is 1.23 bits per heavy atom. The third-order valence-electron chi connectivity index (χ3n) is 6.75. The van der Waals surface area contributed by atoms with Crippen LogP contribution in [0.5, 0.6) is 5.75 Å². The lowest BCUT2D eigenvalue weighted by molar-refractivity contribution is 0.0927. The average Bonchev–Trinajstić information content (AvgIpc) is 2.84. The van der Waals surface area contributed by atoms with E-state index in [2.05, 4.69) is 5.32 Å². The fourth-order valence-corrected chi connectivity index (χ4v) is 5.02. The Hall–Kier alpha value is -3.65. The summed E-state index contributed by atoms with van der Waals surface area (Å²) in [5.41, 5.74) is 1.15. The number of aromatic hydroxyl groups is 1. The lowest BCUT2D eigenvalue weighted by atomic mass is 9.95. The Morgan fingerprint density at radius 2 is 2.00 bits per heavy atom. The van der Waals surface area contributed by atoms with Crippen LogP contribution in [0.15, 0.2) is 47.4 Å². The van der Waals surface area contributed by atoms with Gasteiger partial charge >= 0.3 is 0 Å². The van der Waals surface area contributed by atoms with Gasteiger partial charge in [0.2, 0.25) is 5.43 Å². The van der Waals surface area contributed by atoms with Gasteiger partial charge in [0.15, 0.2) is 11.4 Å². The van der Waals surface area contributed by atoms with Gasteiger partial charge in [-0.15, -0.1) is 0 Å². The van der Waals surface area contributed by atoms with Crippen LogP contribution in [-0.2, 0) is 13.0 Å². The third-order valence-corrected chi connectivity index (χ3v) is 7.21. The average molecular weight is 496 g/mol. The maximum absolute atomic E-state index is 14.4. The molecule has 9 heteroatoms. The molecule has 3 aromatic rings. The molecule has 2 N–H and O–H groups in total. The number of nitrogens with one attached hydrogen (secondary N) is 1. The summed E-state index contributed by atoms with van der Waals surface area (Å²) in [5, 5.41) is 13.3. The summed E-state index contributed by atoms with van der Waals surface area (Å²) >= 11 is 5.95. The van der Waals surface area contributed by atoms with E-state index in [1.807, 2.05) is 24.3 Å². The molecule has 2 aromatic carbocycles. The Labute approximate surface area is 205 Å². The van der Waals surface area contributed by atoms with Crippen molar-refractivity contribution in [1.29, 1.82) is 0 Å². The molecule has 1 unspecified atom stereocenters. The van der Waals surface area contributed by atoms with E-state index in [9.17, 15) is 23.9 Å². The molecule has 1 aromatic heterocycles. The Kier molecular flexibility index (Phi) is 5.84. The second-order valence-corrected chi connectivity index (χ2v) is 9.30. The minimum Gasteiger partial charge on any atom is -0.503 e. The molecule has 3 heterocycles. The first kappa shape index (κ1) is 23.1. The fraction of sp³-hybridized carbons (Fsp3) is 0.269. The first-order valence-corrected chi connectivity index (χ1v) is 11.7. The molecule has 2 bridgehead atoms. The molecule has 2 amide bonds. The van der Waals surface area contributed by atoms with E-state index in [1.54, 1.807) is 22.5 Å². The van der Waals surface area contributed by atoms with Crippen LogP contribution in [0.2, 0.25) is 5.02 Å². The Bertz CT molecular complexity index is 1430. The van der Waals surface area contributed by atoms with Crippen molar-refractivity contribution in [3.8, 4) is 5.75 Å². The zero-order chi connectivity index (χ0) is 24.9. The molecule has 0 radical (unpaired) electrons. The maximum atomic E-state index is 14.4. The fourth-order valence-electron chi connectivity index (χ4n) is 4.84. The van der Waals surface area contributed by atoms with E-state index in [0.29, 0.717) is 18.5 Å². The highest BCUT2D eigenvalue weighted by molar-refractivity contribution is 6.31. The molecule has 0 aliphatic carbocycles. The van der Waals surface area contributed by atoms with Crippen molar-refractivity contribution in [3.63, 3.8) is 0 Å². The van der Waals surface area contributed by atoms with E-state index < -0.39 is 28.8 Å². The van der Waals surface area contributed by atoms with E-state index in [0.717, 1.165) is 24.1 Å². The quantitative estimate of drug-likeness (QED) is 0.571. The van der Waals surface area contributed by atoms with E-state index in [4.69, 9.17) is 11.6 Å². The largest absolute Gasteiger partial charge is 0.503 e. The van der Waals surface area contributed by atoms with E-state index in [-0.39, 0.29) is 34.4 Å². The van der Waals surface area contributed by atoms with Crippen LogP contribution in [0.1, 0.15) is 56.4 Å². The lowest BCUT2D eigenvalue weighted by Gasteiger charge is -2.39. The van der Waals surface area contributed by atoms with Crippen molar-refractivity contribution < 1.29 is 19.1 Å². The maximum Gasteiger partial charge on any atom is 0.279 e. The van der Waals surface area contributed by atoms with Gasteiger partial charge < -0.3 is 19.9 Å². The molecule has 1 atom stereocenters. The summed E-state index contributed by atoms with van der Waals surface area (Å²) in [6.45, 7) is 1.83. The van der Waals surface area contributed by atoms with Gasteiger partial charge in [-0.25, -0.2) is 4.39 Å². The highest BCUT2D eigenvalue weighted by Crippen LogP contribution is 2.36. The van der Waals surface area contributed by atoms with Crippen LogP contribution in [0, 0.1) is 12.7 Å². The molecule has 35 heavy (non-hydrogen) atoms. The smallest absolute Gasteiger partial charge is 0.279 e. The molecular weight excluding hydrogens is 473 g/mol. The van der Waals surface area contributed by atoms with Crippen LogP contribution in [0.25, 0.3) is 0 Å². The molecule has 5 rings (SSSR count). The zero-order valence-corrected chi connectivity index (χ0v) is 19.7. The Morgan fingerprint density at radius 3 is 2.80 bits per heavy atom. The number of amides is 2. The number of halogens is 2. The number of hydrogen-bond acceptors (Lipinski definition) is 4. The van der Waals surface area contributed by atoms with Crippen molar-refractivity contribution in [3.05, 3.63) is 91.6 Å². The number of rotatable bonds is 3. The van der Waals surface area contributed by atoms with Gasteiger partial charge in [0.25, 0.3) is 11.8 Å². The number of anilines is 1. The number of fused-ring (bicyclic) bond motifs is 6. The molecular formula is C26H23ClFN3O4. The molecule has 7 nitrogen and oxygen atoms in total. The van der Waals surface area contributed by atoms with Crippen LogP contribution >= 0.6 is 11.6 Å². The van der Waals surface area contributed by atoms with Gasteiger partial charge in [-0.1, -0.05) is 41.9 Å². The molecule has 180 valence electrons. The number of nitrogens with zero attached hydrogens (tertiary/aromatic N) is 2. The van der Waals surface area contributed by atoms with Crippen molar-refractivity contribution >= 4 is 29.1 Å². The number of pyridine rings is 1. The summed E-state index contributed by atoms with van der Waals surface area (Å²) < 4.78 is 16.0. The second kappa shape index (κ2) is 8.85. The first-order valence-electron chi connectivity index (χ1n) is 11.4. The van der Waals surface area contributed by atoms with Gasteiger partial charge in [0.05, 0.1) is 11.1 Å². The van der Waals surface area contributed by atoms with E-state index in [1.165, 1.54) is 12.3 Å². The predicted octanol–water partition coefficient (Wildman–Crippen LogP) is 4.12. The van der Waals surface area contributed by atoms with Gasteiger partial charge in [0, 0.05) is 30.5 Å². The predicted molar refractivity (Wildman–Crippen MR) is 130 cm³/mol. The number of carbonyl (C=O) groups is 2. The minimum absolute atomic E-state index is 0.0304. The molecule has 2 aliphatic rings. The van der Waals surface area contributed by atoms with Gasteiger partial charge in [-0.2, -0.15) is 0 Å². The van der Waals surface area contributed by atoms with Crippen molar-refractivity contribution in [2.45, 2.75) is 38.8 Å². The number of carbonyl (C=O) groups excluding carboxylic acids is 2. The van der Waals surface area contributed by atoms with Crippen LogP contribution in [0.4, 0.5) is 10.1 Å². The van der Waals surface area contributed by atoms with E-state index >= 15 is 0 Å². The SMILES string of the molecule is Cc1ccc(CNC(=O)c2cn3c(c(O)c2=O)C(=O)N2CC3CCCc3ccccc32)c(F)c1Cl. The highest BCUT2D eigenvalue weighted by Gasteiger charge is 2.37. The van der Waals surface area contributed by atoms with Crippen molar-refractivity contribution in [1.82, 2.24) is 9.88 Å². The lowest BCUT2D eigenvalue weighted by Crippen LogP contribution is -2.46. The summed E-state index contributed by atoms with van der Waals surface area (Å²) in [6, 6.07) is 10.5. The molecule has 0 spiro atoms. The van der Waals surface area contributed by atoms with Gasteiger partial charge in [-0.3, -0.25) is 14.4 Å².